The van der Waals surface area contributed by atoms with Crippen molar-refractivity contribution in [3.63, 3.8) is 0 Å². The molecule has 0 unspecified atom stereocenters. The summed E-state index contributed by atoms with van der Waals surface area (Å²) >= 11 is 12.3. The SMILES string of the molecule is CC.CC(C)(C)OC(=O)N(CCO)CCNc1cc(-c2cccc(Cl)c2Cl)[nH]n1. The molecule has 0 fully saturated rings. The number of amides is 1. The lowest BCUT2D eigenvalue weighted by atomic mass is 10.1. The average molecular weight is 445 g/mol. The number of benzene rings is 1. The number of aromatic amines is 1. The number of anilines is 1. The lowest BCUT2D eigenvalue weighted by Gasteiger charge is -2.27. The quantitative estimate of drug-likeness (QED) is 0.555. The van der Waals surface area contributed by atoms with Gasteiger partial charge in [-0.05, 0) is 26.8 Å². The Morgan fingerprint density at radius 3 is 2.59 bits per heavy atom. The third-order valence-electron chi connectivity index (χ3n) is 3.53. The zero-order valence-corrected chi connectivity index (χ0v) is 19.1. The Kier molecular flexibility index (Phi) is 10.3. The highest BCUT2D eigenvalue weighted by Crippen LogP contribution is 2.33. The van der Waals surface area contributed by atoms with Gasteiger partial charge in [0.05, 0.1) is 22.3 Å². The van der Waals surface area contributed by atoms with E-state index in [1.54, 1.807) is 32.9 Å². The summed E-state index contributed by atoms with van der Waals surface area (Å²) < 4.78 is 5.34. The van der Waals surface area contributed by atoms with E-state index in [9.17, 15) is 4.79 Å². The number of hydrogen-bond acceptors (Lipinski definition) is 5. The first-order chi connectivity index (χ1) is 13.7. The van der Waals surface area contributed by atoms with Crippen molar-refractivity contribution in [2.24, 2.45) is 0 Å². The third-order valence-corrected chi connectivity index (χ3v) is 4.35. The molecule has 0 saturated carbocycles. The highest BCUT2D eigenvalue weighted by molar-refractivity contribution is 6.43. The highest BCUT2D eigenvalue weighted by Gasteiger charge is 2.21. The number of aliphatic hydroxyl groups excluding tert-OH is 1. The second kappa shape index (κ2) is 11.9. The summed E-state index contributed by atoms with van der Waals surface area (Å²) in [7, 11) is 0. The first kappa shape index (κ1) is 25.1. The molecule has 0 aliphatic heterocycles. The molecule has 0 spiro atoms. The smallest absolute Gasteiger partial charge is 0.410 e. The maximum Gasteiger partial charge on any atom is 0.410 e. The Bertz CT molecular complexity index is 775. The molecule has 0 radical (unpaired) electrons. The first-order valence-electron chi connectivity index (χ1n) is 9.53. The lowest BCUT2D eigenvalue weighted by Crippen LogP contribution is -2.40. The second-order valence-electron chi connectivity index (χ2n) is 6.89. The van der Waals surface area contributed by atoms with E-state index in [1.807, 2.05) is 26.0 Å². The molecule has 1 amide bonds. The van der Waals surface area contributed by atoms with E-state index in [-0.39, 0.29) is 13.2 Å². The summed E-state index contributed by atoms with van der Waals surface area (Å²) in [4.78, 5) is 13.6. The Balaban J connectivity index is 0.00000204. The number of carbonyl (C=O) groups is 1. The summed E-state index contributed by atoms with van der Waals surface area (Å²) in [5.41, 5.74) is 0.885. The average Bonchev–Trinajstić information content (AvgIpc) is 3.12. The maximum absolute atomic E-state index is 12.2. The molecule has 1 aromatic heterocycles. The van der Waals surface area contributed by atoms with Gasteiger partial charge in [-0.2, -0.15) is 5.10 Å². The number of aromatic nitrogens is 2. The van der Waals surface area contributed by atoms with Crippen molar-refractivity contribution in [3.05, 3.63) is 34.3 Å². The van der Waals surface area contributed by atoms with Gasteiger partial charge >= 0.3 is 6.09 Å². The lowest BCUT2D eigenvalue weighted by molar-refractivity contribution is 0.0227. The number of halogens is 2. The third kappa shape index (κ3) is 8.12. The molecule has 0 aliphatic carbocycles. The van der Waals surface area contributed by atoms with Gasteiger partial charge in [-0.3, -0.25) is 5.10 Å². The van der Waals surface area contributed by atoms with Crippen LogP contribution in [0.3, 0.4) is 0 Å². The van der Waals surface area contributed by atoms with Crippen molar-refractivity contribution >= 4 is 35.1 Å². The van der Waals surface area contributed by atoms with E-state index in [0.29, 0.717) is 29.0 Å². The molecule has 9 heteroatoms. The number of nitrogens with zero attached hydrogens (tertiary/aromatic N) is 2. The predicted molar refractivity (Wildman–Crippen MR) is 119 cm³/mol. The number of aliphatic hydroxyl groups is 1. The summed E-state index contributed by atoms with van der Waals surface area (Å²) in [6, 6.07) is 7.18. The van der Waals surface area contributed by atoms with Gasteiger partial charge in [-0.25, -0.2) is 4.79 Å². The number of carbonyl (C=O) groups excluding carboxylic acids is 1. The molecule has 7 nitrogen and oxygen atoms in total. The van der Waals surface area contributed by atoms with Crippen LogP contribution in [0.15, 0.2) is 24.3 Å². The van der Waals surface area contributed by atoms with Gasteiger partial charge in [0.15, 0.2) is 0 Å². The van der Waals surface area contributed by atoms with E-state index in [2.05, 4.69) is 15.5 Å². The van der Waals surface area contributed by atoms with Gasteiger partial charge in [-0.15, -0.1) is 0 Å². The molecule has 2 rings (SSSR count). The van der Waals surface area contributed by atoms with Crippen molar-refractivity contribution in [3.8, 4) is 11.3 Å². The summed E-state index contributed by atoms with van der Waals surface area (Å²) in [5.74, 6) is 0.606. The zero-order chi connectivity index (χ0) is 22.0. The molecule has 1 aromatic carbocycles. The summed E-state index contributed by atoms with van der Waals surface area (Å²) in [5, 5.41) is 20.3. The minimum Gasteiger partial charge on any atom is -0.444 e. The van der Waals surface area contributed by atoms with Crippen molar-refractivity contribution in [2.75, 3.05) is 31.6 Å². The van der Waals surface area contributed by atoms with E-state index in [4.69, 9.17) is 33.0 Å². The number of H-pyrrole nitrogens is 1. The topological polar surface area (TPSA) is 90.5 Å². The van der Waals surface area contributed by atoms with Crippen LogP contribution in [0.5, 0.6) is 0 Å². The van der Waals surface area contributed by atoms with Crippen LogP contribution in [-0.2, 0) is 4.74 Å². The predicted octanol–water partition coefficient (Wildman–Crippen LogP) is 5.05. The fourth-order valence-electron chi connectivity index (χ4n) is 2.32. The zero-order valence-electron chi connectivity index (χ0n) is 17.6. The minimum atomic E-state index is -0.592. The molecule has 1 heterocycles. The van der Waals surface area contributed by atoms with Gasteiger partial charge in [0.2, 0.25) is 0 Å². The Labute approximate surface area is 182 Å². The van der Waals surface area contributed by atoms with Gasteiger partial charge in [-0.1, -0.05) is 49.2 Å². The van der Waals surface area contributed by atoms with E-state index in [0.717, 1.165) is 11.3 Å². The van der Waals surface area contributed by atoms with Crippen LogP contribution in [0.4, 0.5) is 10.6 Å². The fraction of sp³-hybridized carbons (Fsp3) is 0.500. The van der Waals surface area contributed by atoms with Gasteiger partial charge in [0.1, 0.15) is 11.4 Å². The van der Waals surface area contributed by atoms with E-state index >= 15 is 0 Å². The Hall–Kier alpha value is -1.96. The van der Waals surface area contributed by atoms with Crippen LogP contribution < -0.4 is 5.32 Å². The van der Waals surface area contributed by atoms with Crippen LogP contribution in [0, 0.1) is 0 Å². The van der Waals surface area contributed by atoms with E-state index < -0.39 is 11.7 Å². The molecular weight excluding hydrogens is 415 g/mol. The Morgan fingerprint density at radius 2 is 1.97 bits per heavy atom. The molecular formula is C20H30Cl2N4O3. The molecule has 2 aromatic rings. The van der Waals surface area contributed by atoms with Crippen LogP contribution in [0.2, 0.25) is 10.0 Å². The van der Waals surface area contributed by atoms with Crippen molar-refractivity contribution < 1.29 is 14.6 Å². The number of hydrogen-bond donors (Lipinski definition) is 3. The summed E-state index contributed by atoms with van der Waals surface area (Å²) in [6.07, 6.45) is -0.466. The molecule has 0 atom stereocenters. The summed E-state index contributed by atoms with van der Waals surface area (Å²) in [6.45, 7) is 10.2. The highest BCUT2D eigenvalue weighted by atomic mass is 35.5. The van der Waals surface area contributed by atoms with Crippen LogP contribution in [-0.4, -0.2) is 58.1 Å². The number of rotatable bonds is 7. The van der Waals surface area contributed by atoms with Crippen LogP contribution in [0.25, 0.3) is 11.3 Å². The van der Waals surface area contributed by atoms with Crippen molar-refractivity contribution in [1.82, 2.24) is 15.1 Å². The Morgan fingerprint density at radius 1 is 1.28 bits per heavy atom. The molecule has 162 valence electrons. The van der Waals surface area contributed by atoms with Crippen molar-refractivity contribution in [2.45, 2.75) is 40.2 Å². The van der Waals surface area contributed by atoms with Crippen LogP contribution in [0.1, 0.15) is 34.6 Å². The number of ether oxygens (including phenoxy) is 1. The number of nitrogens with one attached hydrogen (secondary N) is 2. The fourth-order valence-corrected chi connectivity index (χ4v) is 2.72. The monoisotopic (exact) mass is 444 g/mol. The largest absolute Gasteiger partial charge is 0.444 e. The molecule has 3 N–H and O–H groups in total. The van der Waals surface area contributed by atoms with Gasteiger partial charge < -0.3 is 20.1 Å². The molecule has 0 bridgehead atoms. The standard InChI is InChI=1S/C18H24Cl2N4O3.C2H6/c1-18(2,3)27-17(26)24(9-10-25)8-7-21-15-11-14(22-23-15)12-5-4-6-13(19)16(12)20;1-2/h4-6,11,25H,7-10H2,1-3H3,(H2,21,22,23);1-2H3. The molecule has 0 saturated heterocycles. The maximum atomic E-state index is 12.2. The second-order valence-corrected chi connectivity index (χ2v) is 7.67. The van der Waals surface area contributed by atoms with Gasteiger partial charge in [0.25, 0.3) is 0 Å². The minimum absolute atomic E-state index is 0.140. The van der Waals surface area contributed by atoms with E-state index in [1.165, 1.54) is 4.90 Å². The molecule has 0 aliphatic rings. The van der Waals surface area contributed by atoms with Crippen molar-refractivity contribution in [1.29, 1.82) is 0 Å². The molecule has 29 heavy (non-hydrogen) atoms. The first-order valence-corrected chi connectivity index (χ1v) is 10.3. The normalized spacial score (nSPS) is 10.8. The van der Waals surface area contributed by atoms with Gasteiger partial charge in [0, 0.05) is 31.3 Å². The van der Waals surface area contributed by atoms with Crippen LogP contribution >= 0.6 is 23.2 Å².